The Bertz CT molecular complexity index is 1530. The molecule has 0 fully saturated rings. The summed E-state index contributed by atoms with van der Waals surface area (Å²) in [6.07, 6.45) is 0. The topological polar surface area (TPSA) is 182 Å². The lowest BCUT2D eigenvalue weighted by molar-refractivity contribution is -0.385. The lowest BCUT2D eigenvalue weighted by atomic mass is 10.0. The highest BCUT2D eigenvalue weighted by Gasteiger charge is 2.24. The number of nitro groups is 2. The van der Waals surface area contributed by atoms with Gasteiger partial charge in [-0.1, -0.05) is 0 Å². The predicted molar refractivity (Wildman–Crippen MR) is 115 cm³/mol. The second-order valence-electron chi connectivity index (χ2n) is 6.87. The maximum atomic E-state index is 13.1. The average molecular weight is 468 g/mol. The van der Waals surface area contributed by atoms with E-state index in [0.717, 1.165) is 36.4 Å². The van der Waals surface area contributed by atoms with Crippen LogP contribution in [0.5, 0.6) is 11.5 Å². The highest BCUT2D eigenvalue weighted by atomic mass is 16.6. The Balaban J connectivity index is 1.94. The molecule has 0 saturated carbocycles. The van der Waals surface area contributed by atoms with Crippen molar-refractivity contribution in [2.75, 3.05) is 14.2 Å². The zero-order chi connectivity index (χ0) is 24.7. The Hall–Kier alpha value is -5.07. The monoisotopic (exact) mass is 468 g/mol. The Labute approximate surface area is 187 Å². The van der Waals surface area contributed by atoms with Crippen molar-refractivity contribution in [3.8, 4) is 11.5 Å². The maximum absolute atomic E-state index is 13.1. The van der Waals surface area contributed by atoms with Crippen molar-refractivity contribution in [1.82, 2.24) is 0 Å². The Morgan fingerprint density at radius 3 is 1.44 bits per heavy atom. The van der Waals surface area contributed by atoms with E-state index < -0.39 is 38.0 Å². The van der Waals surface area contributed by atoms with Crippen LogP contribution in [0.1, 0.15) is 15.9 Å². The molecule has 2 aromatic heterocycles. The van der Waals surface area contributed by atoms with Crippen LogP contribution in [0, 0.1) is 20.2 Å². The number of ketones is 1. The fraction of sp³-hybridized carbons (Fsp3) is 0.0952. The van der Waals surface area contributed by atoms with Crippen molar-refractivity contribution < 1.29 is 32.9 Å². The SMILES string of the molecule is COc1cc([N+](=O)[O-])cc2cc(C(=O)c3cc4cc([N+](=O)[O-])cc(OC)c4oc3=O)c(=O)oc12. The number of nitrogens with zero attached hydrogens (tertiary/aromatic N) is 2. The first kappa shape index (κ1) is 22.1. The van der Waals surface area contributed by atoms with Crippen LogP contribution in [-0.2, 0) is 0 Å². The van der Waals surface area contributed by atoms with Gasteiger partial charge in [-0.2, -0.15) is 0 Å². The van der Waals surface area contributed by atoms with Gasteiger partial charge in [0, 0.05) is 22.9 Å². The van der Waals surface area contributed by atoms with E-state index in [1.165, 1.54) is 14.2 Å². The van der Waals surface area contributed by atoms with E-state index in [0.29, 0.717) is 0 Å². The molecular weight excluding hydrogens is 456 g/mol. The van der Waals surface area contributed by atoms with Gasteiger partial charge in [-0.25, -0.2) is 9.59 Å². The van der Waals surface area contributed by atoms with E-state index in [1.54, 1.807) is 0 Å². The number of benzene rings is 2. The molecule has 0 atom stereocenters. The number of nitro benzene ring substituents is 2. The summed E-state index contributed by atoms with van der Waals surface area (Å²) in [5.74, 6) is -1.32. The Morgan fingerprint density at radius 1 is 0.735 bits per heavy atom. The van der Waals surface area contributed by atoms with Crippen molar-refractivity contribution in [1.29, 1.82) is 0 Å². The summed E-state index contributed by atoms with van der Waals surface area (Å²) >= 11 is 0. The Morgan fingerprint density at radius 2 is 1.12 bits per heavy atom. The molecule has 34 heavy (non-hydrogen) atoms. The smallest absolute Gasteiger partial charge is 0.347 e. The molecule has 0 aliphatic carbocycles. The van der Waals surface area contributed by atoms with Crippen LogP contribution in [0.3, 0.4) is 0 Å². The molecule has 4 aromatic rings. The number of methoxy groups -OCH3 is 2. The van der Waals surface area contributed by atoms with E-state index in [9.17, 15) is 34.6 Å². The number of fused-ring (bicyclic) bond motifs is 2. The standard InChI is InChI=1S/C21H12N2O11/c1-31-15-7-11(22(27)28)3-9-5-13(20(25)33-18(9)15)17(24)14-6-10-4-12(23(29)30)8-16(32-2)19(10)34-21(14)26/h3-8H,1-2H3. The van der Waals surface area contributed by atoms with E-state index in [2.05, 4.69) is 0 Å². The van der Waals surface area contributed by atoms with Gasteiger partial charge in [0.25, 0.3) is 11.4 Å². The second-order valence-corrected chi connectivity index (χ2v) is 6.87. The fourth-order valence-electron chi connectivity index (χ4n) is 3.35. The van der Waals surface area contributed by atoms with Crippen molar-refractivity contribution in [2.24, 2.45) is 0 Å². The molecule has 13 nitrogen and oxygen atoms in total. The van der Waals surface area contributed by atoms with Gasteiger partial charge >= 0.3 is 11.3 Å². The molecule has 0 bridgehead atoms. The third-order valence-electron chi connectivity index (χ3n) is 4.92. The van der Waals surface area contributed by atoms with Gasteiger partial charge in [-0.05, 0) is 12.1 Å². The van der Waals surface area contributed by atoms with Gasteiger partial charge in [0.15, 0.2) is 22.7 Å². The summed E-state index contributed by atoms with van der Waals surface area (Å²) in [5, 5.41) is 22.4. The summed E-state index contributed by atoms with van der Waals surface area (Å²) in [6, 6.07) is 6.27. The van der Waals surface area contributed by atoms with E-state index in [-0.39, 0.29) is 44.8 Å². The molecule has 0 unspecified atom stereocenters. The number of carbonyl (C=O) groups is 1. The number of rotatable bonds is 6. The molecular formula is C21H12N2O11. The van der Waals surface area contributed by atoms with Gasteiger partial charge in [0.2, 0.25) is 5.78 Å². The normalized spacial score (nSPS) is 10.9. The summed E-state index contributed by atoms with van der Waals surface area (Å²) in [5.41, 5.74) is -4.55. The number of ether oxygens (including phenoxy) is 2. The van der Waals surface area contributed by atoms with Crippen LogP contribution in [0.15, 0.2) is 54.8 Å². The third-order valence-corrected chi connectivity index (χ3v) is 4.92. The van der Waals surface area contributed by atoms with Gasteiger partial charge in [-0.3, -0.25) is 25.0 Å². The minimum Gasteiger partial charge on any atom is -0.493 e. The van der Waals surface area contributed by atoms with Gasteiger partial charge < -0.3 is 18.3 Å². The minimum atomic E-state index is -1.14. The van der Waals surface area contributed by atoms with Gasteiger partial charge in [0.05, 0.1) is 36.2 Å². The number of carbonyl (C=O) groups excluding carboxylic acids is 1. The maximum Gasteiger partial charge on any atom is 0.347 e. The molecule has 0 N–H and O–H groups in total. The first-order valence-corrected chi connectivity index (χ1v) is 9.30. The highest BCUT2D eigenvalue weighted by molar-refractivity contribution is 6.11. The quantitative estimate of drug-likeness (QED) is 0.175. The summed E-state index contributed by atoms with van der Waals surface area (Å²) in [7, 11) is 2.43. The number of hydrogen-bond acceptors (Lipinski definition) is 11. The molecule has 0 saturated heterocycles. The molecule has 2 heterocycles. The Kier molecular flexibility index (Phi) is 5.29. The van der Waals surface area contributed by atoms with E-state index >= 15 is 0 Å². The van der Waals surface area contributed by atoms with Crippen molar-refractivity contribution in [3.05, 3.63) is 88.6 Å². The van der Waals surface area contributed by atoms with Crippen LogP contribution in [0.2, 0.25) is 0 Å². The molecule has 13 heteroatoms. The van der Waals surface area contributed by atoms with E-state index in [1.807, 2.05) is 0 Å². The van der Waals surface area contributed by atoms with Crippen molar-refractivity contribution in [3.63, 3.8) is 0 Å². The van der Waals surface area contributed by atoms with Crippen LogP contribution >= 0.6 is 0 Å². The first-order chi connectivity index (χ1) is 16.1. The van der Waals surface area contributed by atoms with Crippen molar-refractivity contribution >= 4 is 39.1 Å². The lowest BCUT2D eigenvalue weighted by Crippen LogP contribution is -2.21. The highest BCUT2D eigenvalue weighted by Crippen LogP contribution is 2.32. The molecule has 4 rings (SSSR count). The molecule has 0 spiro atoms. The first-order valence-electron chi connectivity index (χ1n) is 9.30. The summed E-state index contributed by atoms with van der Waals surface area (Å²) in [4.78, 5) is 59.1. The number of non-ortho nitro benzene ring substituents is 2. The summed E-state index contributed by atoms with van der Waals surface area (Å²) in [6.45, 7) is 0. The van der Waals surface area contributed by atoms with Crippen LogP contribution in [0.4, 0.5) is 11.4 Å². The van der Waals surface area contributed by atoms with Gasteiger partial charge in [-0.15, -0.1) is 0 Å². The number of hydrogen-bond donors (Lipinski definition) is 0. The van der Waals surface area contributed by atoms with Crippen molar-refractivity contribution in [2.45, 2.75) is 0 Å². The molecule has 0 aliphatic heterocycles. The molecule has 172 valence electrons. The zero-order valence-corrected chi connectivity index (χ0v) is 17.3. The molecule has 2 aromatic carbocycles. The van der Waals surface area contributed by atoms with Crippen LogP contribution in [-0.4, -0.2) is 29.8 Å². The van der Waals surface area contributed by atoms with Crippen LogP contribution in [0.25, 0.3) is 21.9 Å². The molecule has 0 aliphatic rings. The zero-order valence-electron chi connectivity index (χ0n) is 17.3. The summed E-state index contributed by atoms with van der Waals surface area (Å²) < 4.78 is 20.3. The van der Waals surface area contributed by atoms with E-state index in [4.69, 9.17) is 18.3 Å². The predicted octanol–water partition coefficient (Wildman–Crippen LogP) is 2.96. The fourth-order valence-corrected chi connectivity index (χ4v) is 3.35. The van der Waals surface area contributed by atoms with Crippen LogP contribution < -0.4 is 20.7 Å². The molecule has 0 amide bonds. The molecule has 0 radical (unpaired) electrons. The second kappa shape index (κ2) is 8.12. The third kappa shape index (κ3) is 3.60. The minimum absolute atomic E-state index is 0.00326. The van der Waals surface area contributed by atoms with Gasteiger partial charge in [0.1, 0.15) is 11.1 Å². The lowest BCUT2D eigenvalue weighted by Gasteiger charge is -2.07. The average Bonchev–Trinajstić information content (AvgIpc) is 2.81. The largest absolute Gasteiger partial charge is 0.493 e.